The summed E-state index contributed by atoms with van der Waals surface area (Å²) in [5.74, 6) is 0.000235. The van der Waals surface area contributed by atoms with E-state index in [-0.39, 0.29) is 0 Å². The number of hydrogen-bond donors (Lipinski definition) is 1. The lowest BCUT2D eigenvalue weighted by molar-refractivity contribution is -0.149. The minimum atomic E-state index is -0.741. The number of aliphatic carboxylic acids is 1. The highest BCUT2D eigenvalue weighted by atomic mass is 79.9. The summed E-state index contributed by atoms with van der Waals surface area (Å²) in [6.45, 7) is 3.84. The van der Waals surface area contributed by atoms with Gasteiger partial charge in [-0.2, -0.15) is 0 Å². The Labute approximate surface area is 116 Å². The molecule has 1 aromatic carbocycles. The molecule has 0 fully saturated rings. The van der Waals surface area contributed by atoms with Crippen LogP contribution in [0.25, 0.3) is 0 Å². The summed E-state index contributed by atoms with van der Waals surface area (Å²) in [6.07, 6.45) is 1.70. The second kappa shape index (κ2) is 6.23. The fourth-order valence-electron chi connectivity index (χ4n) is 2.13. The fraction of sp³-hybridized carbons (Fsp3) is 0.500. The zero-order chi connectivity index (χ0) is 13.8. The number of carbonyl (C=O) groups is 1. The third-order valence-corrected chi connectivity index (χ3v) is 4.07. The molecule has 0 aliphatic carbocycles. The van der Waals surface area contributed by atoms with Crippen LogP contribution in [0.15, 0.2) is 22.7 Å². The number of halogens is 1. The molecule has 0 radical (unpaired) electrons. The topological polar surface area (TPSA) is 46.5 Å². The van der Waals surface area contributed by atoms with Gasteiger partial charge >= 0.3 is 5.97 Å². The Morgan fingerprint density at radius 2 is 2.00 bits per heavy atom. The molecule has 4 heteroatoms. The van der Waals surface area contributed by atoms with Crippen molar-refractivity contribution in [2.24, 2.45) is 5.41 Å². The Kier molecular flexibility index (Phi) is 5.20. The van der Waals surface area contributed by atoms with Gasteiger partial charge in [0, 0.05) is 4.47 Å². The van der Waals surface area contributed by atoms with Gasteiger partial charge in [0.1, 0.15) is 5.75 Å². The Morgan fingerprint density at radius 3 is 2.44 bits per heavy atom. The maximum Gasteiger partial charge on any atom is 0.309 e. The first-order chi connectivity index (χ1) is 8.49. The van der Waals surface area contributed by atoms with E-state index in [1.807, 2.05) is 32.0 Å². The number of ether oxygens (including phenoxy) is 1. The van der Waals surface area contributed by atoms with Crippen LogP contribution in [0.5, 0.6) is 5.75 Å². The molecule has 0 spiro atoms. The molecule has 0 saturated carbocycles. The number of carboxylic acids is 1. The number of rotatable bonds is 6. The summed E-state index contributed by atoms with van der Waals surface area (Å²) in [7, 11) is 1.60. The van der Waals surface area contributed by atoms with E-state index in [4.69, 9.17) is 4.74 Å². The highest BCUT2D eigenvalue weighted by Crippen LogP contribution is 2.35. The zero-order valence-electron chi connectivity index (χ0n) is 11.0. The summed E-state index contributed by atoms with van der Waals surface area (Å²) in [6, 6.07) is 5.68. The molecule has 1 rings (SSSR count). The third-order valence-electron chi connectivity index (χ3n) is 3.58. The smallest absolute Gasteiger partial charge is 0.309 e. The molecule has 1 aromatic rings. The van der Waals surface area contributed by atoms with Gasteiger partial charge in [-0.15, -0.1) is 0 Å². The van der Waals surface area contributed by atoms with E-state index in [0.29, 0.717) is 19.3 Å². The van der Waals surface area contributed by atoms with E-state index in [9.17, 15) is 9.90 Å². The Hall–Kier alpha value is -1.03. The SMILES string of the molecule is CCC(CC)(Cc1cc(Br)ccc1OC)C(=O)O. The number of methoxy groups -OCH3 is 1. The quantitative estimate of drug-likeness (QED) is 0.866. The first kappa shape index (κ1) is 15.0. The van der Waals surface area contributed by atoms with Crippen LogP contribution in [-0.4, -0.2) is 18.2 Å². The Bertz CT molecular complexity index is 425. The fourth-order valence-corrected chi connectivity index (χ4v) is 2.54. The van der Waals surface area contributed by atoms with Gasteiger partial charge in [-0.1, -0.05) is 29.8 Å². The average Bonchev–Trinajstić information content (AvgIpc) is 2.36. The van der Waals surface area contributed by atoms with E-state index in [0.717, 1.165) is 15.8 Å². The van der Waals surface area contributed by atoms with E-state index in [1.54, 1.807) is 7.11 Å². The van der Waals surface area contributed by atoms with Gasteiger partial charge < -0.3 is 9.84 Å². The predicted octanol–water partition coefficient (Wildman–Crippen LogP) is 3.89. The molecular formula is C14H19BrO3. The second-order valence-corrected chi connectivity index (χ2v) is 5.34. The van der Waals surface area contributed by atoms with Crippen LogP contribution in [0, 0.1) is 5.41 Å². The molecule has 0 amide bonds. The minimum Gasteiger partial charge on any atom is -0.496 e. The van der Waals surface area contributed by atoms with E-state index in [1.165, 1.54) is 0 Å². The van der Waals surface area contributed by atoms with E-state index >= 15 is 0 Å². The molecule has 0 atom stereocenters. The van der Waals surface area contributed by atoms with Crippen molar-refractivity contribution in [3.8, 4) is 5.75 Å². The van der Waals surface area contributed by atoms with E-state index in [2.05, 4.69) is 15.9 Å². The summed E-state index contributed by atoms with van der Waals surface area (Å²) in [4.78, 5) is 11.5. The van der Waals surface area contributed by atoms with Crippen molar-refractivity contribution in [1.82, 2.24) is 0 Å². The molecule has 0 aliphatic heterocycles. The van der Waals surface area contributed by atoms with Crippen LogP contribution in [0.3, 0.4) is 0 Å². The van der Waals surface area contributed by atoms with Gasteiger partial charge in [0.2, 0.25) is 0 Å². The number of carboxylic acid groups (broad SMARTS) is 1. The summed E-state index contributed by atoms with van der Waals surface area (Å²) < 4.78 is 6.24. The first-order valence-electron chi connectivity index (χ1n) is 6.05. The Morgan fingerprint density at radius 1 is 1.39 bits per heavy atom. The molecule has 0 aliphatic rings. The van der Waals surface area contributed by atoms with Crippen molar-refractivity contribution in [2.45, 2.75) is 33.1 Å². The third kappa shape index (κ3) is 3.05. The first-order valence-corrected chi connectivity index (χ1v) is 6.84. The van der Waals surface area contributed by atoms with E-state index < -0.39 is 11.4 Å². The zero-order valence-corrected chi connectivity index (χ0v) is 12.6. The number of benzene rings is 1. The highest BCUT2D eigenvalue weighted by Gasteiger charge is 2.35. The van der Waals surface area contributed by atoms with Gasteiger partial charge in [0.05, 0.1) is 12.5 Å². The van der Waals surface area contributed by atoms with Crippen molar-refractivity contribution in [3.05, 3.63) is 28.2 Å². The minimum absolute atomic E-state index is 0.484. The summed E-state index contributed by atoms with van der Waals surface area (Å²) >= 11 is 3.41. The lowest BCUT2D eigenvalue weighted by atomic mass is 9.77. The van der Waals surface area contributed by atoms with Crippen LogP contribution in [0.1, 0.15) is 32.3 Å². The molecule has 0 bridgehead atoms. The number of hydrogen-bond acceptors (Lipinski definition) is 2. The molecular weight excluding hydrogens is 296 g/mol. The normalized spacial score (nSPS) is 11.3. The molecule has 0 unspecified atom stereocenters. The van der Waals surface area contributed by atoms with Crippen molar-refractivity contribution in [3.63, 3.8) is 0 Å². The monoisotopic (exact) mass is 314 g/mol. The van der Waals surface area contributed by atoms with Crippen molar-refractivity contribution >= 4 is 21.9 Å². The van der Waals surface area contributed by atoms with Crippen molar-refractivity contribution < 1.29 is 14.6 Å². The van der Waals surface area contributed by atoms with Crippen LogP contribution in [0.4, 0.5) is 0 Å². The molecule has 18 heavy (non-hydrogen) atoms. The molecule has 0 aromatic heterocycles. The van der Waals surface area contributed by atoms with Gasteiger partial charge in [-0.3, -0.25) is 4.79 Å². The van der Waals surface area contributed by atoms with Gasteiger partial charge in [-0.05, 0) is 43.0 Å². The Balaban J connectivity index is 3.15. The van der Waals surface area contributed by atoms with Crippen LogP contribution < -0.4 is 4.74 Å². The predicted molar refractivity (Wildman–Crippen MR) is 75.0 cm³/mol. The highest BCUT2D eigenvalue weighted by molar-refractivity contribution is 9.10. The molecule has 3 nitrogen and oxygen atoms in total. The summed E-state index contributed by atoms with van der Waals surface area (Å²) in [5.41, 5.74) is 0.214. The second-order valence-electron chi connectivity index (χ2n) is 4.43. The van der Waals surface area contributed by atoms with Crippen molar-refractivity contribution in [2.75, 3.05) is 7.11 Å². The average molecular weight is 315 g/mol. The van der Waals surface area contributed by atoms with Crippen LogP contribution in [-0.2, 0) is 11.2 Å². The van der Waals surface area contributed by atoms with Gasteiger partial charge in [-0.25, -0.2) is 0 Å². The maximum absolute atomic E-state index is 11.5. The van der Waals surface area contributed by atoms with Gasteiger partial charge in [0.25, 0.3) is 0 Å². The molecule has 0 saturated heterocycles. The largest absolute Gasteiger partial charge is 0.496 e. The maximum atomic E-state index is 11.5. The molecule has 100 valence electrons. The molecule has 1 N–H and O–H groups in total. The van der Waals surface area contributed by atoms with Crippen LogP contribution >= 0.6 is 15.9 Å². The standard InChI is InChI=1S/C14H19BrO3/c1-4-14(5-2,13(16)17)9-10-8-11(15)6-7-12(10)18-3/h6-8H,4-5,9H2,1-3H3,(H,16,17). The van der Waals surface area contributed by atoms with Crippen molar-refractivity contribution in [1.29, 1.82) is 0 Å². The summed E-state index contributed by atoms with van der Waals surface area (Å²) in [5, 5.41) is 9.47. The van der Waals surface area contributed by atoms with Crippen LogP contribution in [0.2, 0.25) is 0 Å². The lowest BCUT2D eigenvalue weighted by Crippen LogP contribution is -2.32. The lowest BCUT2D eigenvalue weighted by Gasteiger charge is -2.27. The van der Waals surface area contributed by atoms with Gasteiger partial charge in [0.15, 0.2) is 0 Å². The molecule has 0 heterocycles.